The summed E-state index contributed by atoms with van der Waals surface area (Å²) in [6.07, 6.45) is -0.689. The Morgan fingerprint density at radius 3 is 2.29 bits per heavy atom. The zero-order valence-electron chi connectivity index (χ0n) is 25.0. The number of nitriles is 1. The highest BCUT2D eigenvalue weighted by Gasteiger charge is 2.32. The molecule has 1 aliphatic heterocycles. The van der Waals surface area contributed by atoms with Gasteiger partial charge in [-0.2, -0.15) is 5.26 Å². The van der Waals surface area contributed by atoms with E-state index in [-0.39, 0.29) is 35.7 Å². The predicted molar refractivity (Wildman–Crippen MR) is 164 cm³/mol. The van der Waals surface area contributed by atoms with Crippen LogP contribution in [-0.2, 0) is 11.2 Å². The summed E-state index contributed by atoms with van der Waals surface area (Å²) in [5.74, 6) is -0.320. The van der Waals surface area contributed by atoms with Gasteiger partial charge in [-0.25, -0.2) is 4.98 Å². The molecule has 0 saturated heterocycles. The fourth-order valence-electron chi connectivity index (χ4n) is 5.67. The molecule has 11 heteroatoms. The molecule has 2 heterocycles. The van der Waals surface area contributed by atoms with Gasteiger partial charge in [0.05, 0.1) is 40.7 Å². The second-order valence-corrected chi connectivity index (χ2v) is 11.0. The summed E-state index contributed by atoms with van der Waals surface area (Å²) in [5, 5.41) is 9.71. The summed E-state index contributed by atoms with van der Waals surface area (Å²) in [5.41, 5.74) is 1.60. The number of benzene rings is 3. The van der Waals surface area contributed by atoms with Crippen LogP contribution in [0.5, 0.6) is 5.75 Å². The maximum absolute atomic E-state index is 14.0. The first-order valence-electron chi connectivity index (χ1n) is 14.6. The van der Waals surface area contributed by atoms with Crippen molar-refractivity contribution < 1.29 is 22.7 Å². The van der Waals surface area contributed by atoms with Crippen molar-refractivity contribution in [3.63, 3.8) is 0 Å². The Hall–Kier alpha value is -4.95. The van der Waals surface area contributed by atoms with Crippen LogP contribution in [-0.4, -0.2) is 56.8 Å². The van der Waals surface area contributed by atoms with Crippen molar-refractivity contribution >= 4 is 16.8 Å². The molecule has 45 heavy (non-hydrogen) atoms. The molecule has 1 unspecified atom stereocenters. The van der Waals surface area contributed by atoms with Crippen LogP contribution in [0.25, 0.3) is 16.6 Å². The van der Waals surface area contributed by atoms with E-state index in [2.05, 4.69) is 41.7 Å². The van der Waals surface area contributed by atoms with Crippen molar-refractivity contribution in [1.82, 2.24) is 19.4 Å². The number of carbonyl (C=O) groups is 1. The quantitative estimate of drug-likeness (QED) is 0.217. The molecule has 5 rings (SSSR count). The van der Waals surface area contributed by atoms with E-state index in [1.54, 1.807) is 53.4 Å². The van der Waals surface area contributed by atoms with Gasteiger partial charge in [0.2, 0.25) is 5.91 Å². The number of carbonyl (C=O) groups excluding carboxylic acids is 1. The van der Waals surface area contributed by atoms with E-state index in [1.165, 1.54) is 28.8 Å². The summed E-state index contributed by atoms with van der Waals surface area (Å²) in [6, 6.07) is 20.5. The molecule has 0 radical (unpaired) electrons. The minimum absolute atomic E-state index is 0.0886. The van der Waals surface area contributed by atoms with Crippen LogP contribution in [0.4, 0.5) is 13.2 Å². The maximum Gasteiger partial charge on any atom is 0.573 e. The van der Waals surface area contributed by atoms with Gasteiger partial charge in [0.15, 0.2) is 0 Å². The van der Waals surface area contributed by atoms with Gasteiger partial charge in [-0.1, -0.05) is 36.4 Å². The van der Waals surface area contributed by atoms with Crippen LogP contribution in [0.1, 0.15) is 43.8 Å². The molecule has 0 aliphatic carbocycles. The standard InChI is InChI=1S/C34H32F3N5O3/c1-22-8-9-23(2)40(22)18-19-41(31(43)20-25-12-16-28(17-13-25)45-34(35,36)37)24(3)32-39-30-7-5-4-6-29(30)33(44)42(32)27-14-10-26(21-38)11-15-27/h4-17,22-24H,18-20H2,1-3H3/t22-,23?,24+/m0/s1. The summed E-state index contributed by atoms with van der Waals surface area (Å²) in [6.45, 7) is 6.81. The highest BCUT2D eigenvalue weighted by molar-refractivity contribution is 5.80. The van der Waals surface area contributed by atoms with Gasteiger partial charge >= 0.3 is 6.36 Å². The maximum atomic E-state index is 14.0. The normalized spacial score (nSPS) is 17.3. The third kappa shape index (κ3) is 7.07. The average Bonchev–Trinajstić information content (AvgIpc) is 3.33. The number of fused-ring (bicyclic) bond motifs is 1. The monoisotopic (exact) mass is 615 g/mol. The molecule has 3 atom stereocenters. The van der Waals surface area contributed by atoms with Gasteiger partial charge < -0.3 is 9.64 Å². The fourth-order valence-corrected chi connectivity index (χ4v) is 5.67. The van der Waals surface area contributed by atoms with Crippen molar-refractivity contribution in [2.45, 2.75) is 51.7 Å². The van der Waals surface area contributed by atoms with E-state index >= 15 is 0 Å². The van der Waals surface area contributed by atoms with Crippen LogP contribution in [0.3, 0.4) is 0 Å². The molecule has 4 aromatic rings. The highest BCUT2D eigenvalue weighted by Crippen LogP contribution is 2.27. The van der Waals surface area contributed by atoms with E-state index in [9.17, 15) is 28.0 Å². The van der Waals surface area contributed by atoms with Crippen LogP contribution in [0.15, 0.2) is 89.7 Å². The molecular formula is C34H32F3N5O3. The van der Waals surface area contributed by atoms with Gasteiger partial charge in [0.25, 0.3) is 5.56 Å². The lowest BCUT2D eigenvalue weighted by Gasteiger charge is -2.34. The first kappa shape index (κ1) is 31.5. The molecule has 232 valence electrons. The van der Waals surface area contributed by atoms with Gasteiger partial charge in [-0.3, -0.25) is 19.1 Å². The smallest absolute Gasteiger partial charge is 0.406 e. The lowest BCUT2D eigenvalue weighted by molar-refractivity contribution is -0.274. The summed E-state index contributed by atoms with van der Waals surface area (Å²) in [7, 11) is 0. The van der Waals surface area contributed by atoms with Gasteiger partial charge in [-0.05, 0) is 74.9 Å². The number of hydrogen-bond donors (Lipinski definition) is 0. The lowest BCUT2D eigenvalue weighted by Crippen LogP contribution is -2.45. The van der Waals surface area contributed by atoms with Crippen LogP contribution in [0.2, 0.25) is 0 Å². The second-order valence-electron chi connectivity index (χ2n) is 11.0. The molecule has 1 aromatic heterocycles. The molecule has 3 aromatic carbocycles. The van der Waals surface area contributed by atoms with Crippen molar-refractivity contribution in [3.05, 3.63) is 112 Å². The lowest BCUT2D eigenvalue weighted by atomic mass is 10.1. The molecule has 0 saturated carbocycles. The number of ether oxygens (including phenoxy) is 1. The van der Waals surface area contributed by atoms with E-state index in [0.717, 1.165) is 0 Å². The Balaban J connectivity index is 1.54. The summed E-state index contributed by atoms with van der Waals surface area (Å²) in [4.78, 5) is 36.7. The molecule has 0 N–H and O–H groups in total. The minimum atomic E-state index is -4.82. The van der Waals surface area contributed by atoms with Crippen molar-refractivity contribution in [2.24, 2.45) is 0 Å². The Morgan fingerprint density at radius 1 is 1.02 bits per heavy atom. The topological polar surface area (TPSA) is 91.5 Å². The van der Waals surface area contributed by atoms with Crippen molar-refractivity contribution in [1.29, 1.82) is 5.26 Å². The largest absolute Gasteiger partial charge is 0.573 e. The summed E-state index contributed by atoms with van der Waals surface area (Å²) < 4.78 is 43.4. The van der Waals surface area contributed by atoms with Gasteiger partial charge in [0.1, 0.15) is 11.6 Å². The molecule has 1 amide bonds. The Bertz CT molecular complexity index is 1800. The fraction of sp³-hybridized carbons (Fsp3) is 0.294. The third-order valence-electron chi connectivity index (χ3n) is 8.04. The Labute approximate surface area is 258 Å². The number of para-hydroxylation sites is 1. The van der Waals surface area contributed by atoms with Crippen LogP contribution < -0.4 is 10.3 Å². The van der Waals surface area contributed by atoms with E-state index < -0.39 is 12.4 Å². The zero-order chi connectivity index (χ0) is 32.3. The number of halogens is 3. The average molecular weight is 616 g/mol. The molecule has 1 aliphatic rings. The molecule has 0 bridgehead atoms. The van der Waals surface area contributed by atoms with Crippen molar-refractivity contribution in [3.8, 4) is 17.5 Å². The SMILES string of the molecule is CC1C=C[C@H](C)N1CCN(C(=O)Cc1ccc(OC(F)(F)F)cc1)[C@H](C)c1nc2ccccc2c(=O)n1-c1ccc(C#N)cc1. The molecule has 8 nitrogen and oxygen atoms in total. The number of rotatable bonds is 9. The Kier molecular flexibility index (Phi) is 9.06. The van der Waals surface area contributed by atoms with Gasteiger partial charge in [0, 0.05) is 25.2 Å². The predicted octanol–water partition coefficient (Wildman–Crippen LogP) is 5.94. The number of nitrogens with zero attached hydrogens (tertiary/aromatic N) is 5. The van der Waals surface area contributed by atoms with Crippen molar-refractivity contribution in [2.75, 3.05) is 13.1 Å². The molecule has 0 fully saturated rings. The molecule has 0 spiro atoms. The number of amides is 1. The highest BCUT2D eigenvalue weighted by atomic mass is 19.4. The first-order valence-corrected chi connectivity index (χ1v) is 14.6. The van der Waals surface area contributed by atoms with Crippen LogP contribution in [0, 0.1) is 11.3 Å². The van der Waals surface area contributed by atoms with E-state index in [4.69, 9.17) is 4.98 Å². The third-order valence-corrected chi connectivity index (χ3v) is 8.04. The Morgan fingerprint density at radius 2 is 1.67 bits per heavy atom. The second kappa shape index (κ2) is 13.0. The first-order chi connectivity index (χ1) is 21.4. The number of alkyl halides is 3. The zero-order valence-corrected chi connectivity index (χ0v) is 25.0. The number of hydrogen-bond acceptors (Lipinski definition) is 6. The van der Waals surface area contributed by atoms with Crippen LogP contribution >= 0.6 is 0 Å². The molecular weight excluding hydrogens is 583 g/mol. The van der Waals surface area contributed by atoms with E-state index in [1.807, 2.05) is 6.92 Å². The number of aromatic nitrogens is 2. The summed E-state index contributed by atoms with van der Waals surface area (Å²) >= 11 is 0. The van der Waals surface area contributed by atoms with E-state index in [0.29, 0.717) is 46.6 Å². The van der Waals surface area contributed by atoms with Gasteiger partial charge in [-0.15, -0.1) is 13.2 Å². The minimum Gasteiger partial charge on any atom is -0.406 e.